The fourth-order valence-electron chi connectivity index (χ4n) is 3.03. The van der Waals surface area contributed by atoms with E-state index in [1.165, 1.54) is 7.11 Å². The molecule has 0 atom stereocenters. The van der Waals surface area contributed by atoms with Crippen molar-refractivity contribution in [3.63, 3.8) is 0 Å². The summed E-state index contributed by atoms with van der Waals surface area (Å²) < 4.78 is 6.77. The SMILES string of the molecule is COC(=O)CCc1c(Cc2ccccc2)c(C(C)=O)c(C)n1C. The van der Waals surface area contributed by atoms with E-state index in [0.717, 1.165) is 28.1 Å². The van der Waals surface area contributed by atoms with Gasteiger partial charge in [0.05, 0.1) is 13.5 Å². The third-order valence-corrected chi connectivity index (χ3v) is 4.29. The second-order valence-corrected chi connectivity index (χ2v) is 5.74. The molecule has 1 aromatic heterocycles. The molecular weight excluding hydrogens is 290 g/mol. The summed E-state index contributed by atoms with van der Waals surface area (Å²) in [5, 5.41) is 0. The monoisotopic (exact) mass is 313 g/mol. The summed E-state index contributed by atoms with van der Waals surface area (Å²) in [5.74, 6) is -0.174. The van der Waals surface area contributed by atoms with E-state index >= 15 is 0 Å². The molecule has 0 aliphatic carbocycles. The summed E-state index contributed by atoms with van der Waals surface area (Å²) >= 11 is 0. The van der Waals surface area contributed by atoms with Crippen molar-refractivity contribution in [2.45, 2.75) is 33.1 Å². The molecule has 0 N–H and O–H groups in total. The van der Waals surface area contributed by atoms with Crippen LogP contribution in [0.15, 0.2) is 30.3 Å². The number of carbonyl (C=O) groups is 2. The van der Waals surface area contributed by atoms with Crippen LogP contribution >= 0.6 is 0 Å². The van der Waals surface area contributed by atoms with E-state index in [-0.39, 0.29) is 11.8 Å². The Morgan fingerprint density at radius 3 is 2.39 bits per heavy atom. The first-order valence-electron chi connectivity index (χ1n) is 7.74. The predicted molar refractivity (Wildman–Crippen MR) is 89.7 cm³/mol. The Morgan fingerprint density at radius 1 is 1.17 bits per heavy atom. The van der Waals surface area contributed by atoms with E-state index < -0.39 is 0 Å². The second kappa shape index (κ2) is 7.27. The molecule has 122 valence electrons. The average Bonchev–Trinajstić information content (AvgIpc) is 2.77. The summed E-state index contributed by atoms with van der Waals surface area (Å²) in [5.41, 5.74) is 4.92. The number of hydrogen-bond donors (Lipinski definition) is 0. The molecule has 2 rings (SSSR count). The van der Waals surface area contributed by atoms with E-state index in [1.54, 1.807) is 6.92 Å². The van der Waals surface area contributed by atoms with Crippen LogP contribution in [0.2, 0.25) is 0 Å². The highest BCUT2D eigenvalue weighted by molar-refractivity contribution is 5.97. The molecular formula is C19H23NO3. The van der Waals surface area contributed by atoms with Gasteiger partial charge < -0.3 is 9.30 Å². The molecule has 23 heavy (non-hydrogen) atoms. The number of hydrogen-bond acceptors (Lipinski definition) is 3. The number of nitrogens with zero attached hydrogens (tertiary/aromatic N) is 1. The lowest BCUT2D eigenvalue weighted by atomic mass is 9.97. The second-order valence-electron chi connectivity index (χ2n) is 5.74. The van der Waals surface area contributed by atoms with Gasteiger partial charge in [0.2, 0.25) is 0 Å². The standard InChI is InChI=1S/C19H23NO3/c1-13-19(14(2)21)16(12-15-8-6-5-7-9-15)17(20(13)3)10-11-18(22)23-4/h5-9H,10-12H2,1-4H3. The van der Waals surface area contributed by atoms with Gasteiger partial charge in [-0.15, -0.1) is 0 Å². The van der Waals surface area contributed by atoms with Crippen LogP contribution in [-0.2, 0) is 29.4 Å². The van der Waals surface area contributed by atoms with Crippen LogP contribution < -0.4 is 0 Å². The number of Topliss-reactive ketones (excluding diaryl/α,β-unsaturated/α-hetero) is 1. The maximum Gasteiger partial charge on any atom is 0.305 e. The number of ether oxygens (including phenoxy) is 1. The van der Waals surface area contributed by atoms with Gasteiger partial charge in [0.25, 0.3) is 0 Å². The number of methoxy groups -OCH3 is 1. The zero-order valence-electron chi connectivity index (χ0n) is 14.2. The van der Waals surface area contributed by atoms with Crippen LogP contribution in [0.3, 0.4) is 0 Å². The minimum Gasteiger partial charge on any atom is -0.469 e. The first-order chi connectivity index (χ1) is 11.0. The summed E-state index contributed by atoms with van der Waals surface area (Å²) in [4.78, 5) is 23.6. The van der Waals surface area contributed by atoms with Gasteiger partial charge in [-0.2, -0.15) is 0 Å². The minimum atomic E-state index is -0.237. The van der Waals surface area contributed by atoms with Crippen molar-refractivity contribution in [2.75, 3.05) is 7.11 Å². The maximum absolute atomic E-state index is 12.1. The van der Waals surface area contributed by atoms with Crippen LogP contribution in [0.5, 0.6) is 0 Å². The Labute approximate surface area is 137 Å². The zero-order valence-corrected chi connectivity index (χ0v) is 14.2. The molecule has 2 aromatic rings. The molecule has 4 heteroatoms. The van der Waals surface area contributed by atoms with Crippen LogP contribution in [0.1, 0.15) is 46.2 Å². The molecule has 0 aliphatic rings. The first-order valence-corrected chi connectivity index (χ1v) is 7.74. The summed E-state index contributed by atoms with van der Waals surface area (Å²) in [6.45, 7) is 3.55. The third-order valence-electron chi connectivity index (χ3n) is 4.29. The minimum absolute atomic E-state index is 0.0633. The first kappa shape index (κ1) is 17.0. The van der Waals surface area contributed by atoms with Crippen molar-refractivity contribution < 1.29 is 14.3 Å². The van der Waals surface area contributed by atoms with Gasteiger partial charge in [0.15, 0.2) is 5.78 Å². The van der Waals surface area contributed by atoms with Crippen LogP contribution in [-0.4, -0.2) is 23.4 Å². The number of ketones is 1. The van der Waals surface area contributed by atoms with Crippen LogP contribution in [0.4, 0.5) is 0 Å². The van der Waals surface area contributed by atoms with Gasteiger partial charge in [-0.05, 0) is 37.8 Å². The maximum atomic E-state index is 12.1. The number of benzene rings is 1. The topological polar surface area (TPSA) is 48.3 Å². The molecule has 1 aromatic carbocycles. The number of aromatic nitrogens is 1. The van der Waals surface area contributed by atoms with E-state index in [1.807, 2.05) is 36.7 Å². The van der Waals surface area contributed by atoms with Gasteiger partial charge in [0.1, 0.15) is 0 Å². The highest BCUT2D eigenvalue weighted by Crippen LogP contribution is 2.26. The highest BCUT2D eigenvalue weighted by atomic mass is 16.5. The van der Waals surface area contributed by atoms with E-state index in [0.29, 0.717) is 19.3 Å². The quantitative estimate of drug-likeness (QED) is 0.607. The summed E-state index contributed by atoms with van der Waals surface area (Å²) in [7, 11) is 3.34. The number of esters is 1. The van der Waals surface area contributed by atoms with Gasteiger partial charge in [0, 0.05) is 24.0 Å². The lowest BCUT2D eigenvalue weighted by Crippen LogP contribution is -2.07. The molecule has 4 nitrogen and oxygen atoms in total. The van der Waals surface area contributed by atoms with Crippen molar-refractivity contribution >= 4 is 11.8 Å². The lowest BCUT2D eigenvalue weighted by Gasteiger charge is -2.09. The fraction of sp³-hybridized carbons (Fsp3) is 0.368. The molecule has 0 saturated heterocycles. The van der Waals surface area contributed by atoms with Crippen molar-refractivity contribution in [1.29, 1.82) is 0 Å². The smallest absolute Gasteiger partial charge is 0.305 e. The molecule has 0 bridgehead atoms. The molecule has 0 radical (unpaired) electrons. The Bertz CT molecular complexity index is 714. The van der Waals surface area contributed by atoms with Gasteiger partial charge >= 0.3 is 5.97 Å². The number of carbonyl (C=O) groups excluding carboxylic acids is 2. The Hall–Kier alpha value is -2.36. The predicted octanol–water partition coefficient (Wildman–Crippen LogP) is 3.23. The van der Waals surface area contributed by atoms with E-state index in [9.17, 15) is 9.59 Å². The summed E-state index contributed by atoms with van der Waals surface area (Å²) in [6.07, 6.45) is 1.57. The molecule has 0 spiro atoms. The van der Waals surface area contributed by atoms with Crippen molar-refractivity contribution in [2.24, 2.45) is 7.05 Å². The Kier molecular flexibility index (Phi) is 5.37. The van der Waals surface area contributed by atoms with Crippen molar-refractivity contribution in [3.8, 4) is 0 Å². The molecule has 0 unspecified atom stereocenters. The molecule has 1 heterocycles. The zero-order chi connectivity index (χ0) is 17.0. The Balaban J connectivity index is 2.45. The van der Waals surface area contributed by atoms with Crippen LogP contribution in [0, 0.1) is 6.92 Å². The Morgan fingerprint density at radius 2 is 1.83 bits per heavy atom. The highest BCUT2D eigenvalue weighted by Gasteiger charge is 2.21. The third kappa shape index (κ3) is 3.70. The summed E-state index contributed by atoms with van der Waals surface area (Å²) in [6, 6.07) is 10.1. The van der Waals surface area contributed by atoms with Crippen molar-refractivity contribution in [3.05, 3.63) is 58.4 Å². The average molecular weight is 313 g/mol. The fourth-order valence-corrected chi connectivity index (χ4v) is 3.03. The number of rotatable bonds is 6. The van der Waals surface area contributed by atoms with E-state index in [4.69, 9.17) is 4.74 Å². The van der Waals surface area contributed by atoms with E-state index in [2.05, 4.69) is 12.1 Å². The van der Waals surface area contributed by atoms with Gasteiger partial charge in [-0.3, -0.25) is 9.59 Å². The van der Waals surface area contributed by atoms with Gasteiger partial charge in [-0.25, -0.2) is 0 Å². The molecule has 0 fully saturated rings. The largest absolute Gasteiger partial charge is 0.469 e. The van der Waals surface area contributed by atoms with Gasteiger partial charge in [-0.1, -0.05) is 30.3 Å². The molecule has 0 aliphatic heterocycles. The van der Waals surface area contributed by atoms with Crippen molar-refractivity contribution in [1.82, 2.24) is 4.57 Å². The molecule has 0 amide bonds. The van der Waals surface area contributed by atoms with Crippen LogP contribution in [0.25, 0.3) is 0 Å². The normalized spacial score (nSPS) is 10.6. The molecule has 0 saturated carbocycles. The lowest BCUT2D eigenvalue weighted by molar-refractivity contribution is -0.140.